The van der Waals surface area contributed by atoms with E-state index in [0.717, 1.165) is 0 Å². The summed E-state index contributed by atoms with van der Waals surface area (Å²) in [5.41, 5.74) is 0. The minimum Gasteiger partial charge on any atom is -1.00 e. The maximum atomic E-state index is 5.30. The van der Waals surface area contributed by atoms with Crippen LogP contribution >= 0.6 is 0 Å². The third-order valence-electron chi connectivity index (χ3n) is 0.888. The monoisotopic (exact) mass is 189 g/mol. The zero-order chi connectivity index (χ0) is 5.98. The van der Waals surface area contributed by atoms with Gasteiger partial charge in [-0.05, 0) is 0 Å². The number of rotatable bonds is 1. The van der Waals surface area contributed by atoms with Crippen LogP contribution in [0.25, 0.3) is 6.20 Å². The molecule has 1 rings (SSSR count). The third kappa shape index (κ3) is 1.89. The molecule has 1 aromatic rings. The molecule has 1 heterocycles. The van der Waals surface area contributed by atoms with Crippen LogP contribution in [0.5, 0.6) is 0 Å². The fourth-order valence-electron chi connectivity index (χ4n) is 0.493. The molecule has 1 aromatic heterocycles. The Hall–Kier alpha value is -0.770. The molecular formula is C5H8BrN3. The maximum Gasteiger partial charge on any atom is 0.271 e. The molecule has 0 aliphatic heterocycles. The molecule has 0 aliphatic carbocycles. The van der Waals surface area contributed by atoms with Gasteiger partial charge in [-0.25, -0.2) is 4.57 Å². The fraction of sp³-hybridized carbons (Fsp3) is 0. The Balaban J connectivity index is 0.000000640. The Morgan fingerprint density at radius 1 is 1.67 bits per heavy atom. The summed E-state index contributed by atoms with van der Waals surface area (Å²) in [7, 11) is 0. The van der Waals surface area contributed by atoms with E-state index in [0.29, 0.717) is 0 Å². The van der Waals surface area contributed by atoms with E-state index in [-0.39, 0.29) is 17.0 Å². The maximum absolute atomic E-state index is 5.30. The first-order valence-electron chi connectivity index (χ1n) is 2.29. The lowest BCUT2D eigenvalue weighted by Gasteiger charge is -1.75. The first-order chi connectivity index (χ1) is 3.83. The van der Waals surface area contributed by atoms with Crippen LogP contribution in [-0.2, 0) is 0 Å². The van der Waals surface area contributed by atoms with Gasteiger partial charge in [0.1, 0.15) is 6.20 Å². The summed E-state index contributed by atoms with van der Waals surface area (Å²) in [5.74, 6) is 5.30. The summed E-state index contributed by atoms with van der Waals surface area (Å²) in [5, 5.41) is 0. The molecule has 0 bridgehead atoms. The van der Waals surface area contributed by atoms with Crippen LogP contribution in [0.1, 0.15) is 0 Å². The van der Waals surface area contributed by atoms with Crippen molar-refractivity contribution in [3.05, 3.63) is 25.3 Å². The van der Waals surface area contributed by atoms with Crippen molar-refractivity contribution in [2.24, 2.45) is 0 Å². The number of hydrogen-bond acceptors (Lipinski definition) is 1. The van der Waals surface area contributed by atoms with Gasteiger partial charge >= 0.3 is 0 Å². The van der Waals surface area contributed by atoms with Crippen LogP contribution in [0.15, 0.2) is 25.3 Å². The average molecular weight is 190 g/mol. The molecule has 0 aliphatic rings. The first kappa shape index (κ1) is 8.23. The second-order valence-electron chi connectivity index (χ2n) is 1.49. The summed E-state index contributed by atoms with van der Waals surface area (Å²) < 4.78 is 3.22. The molecular weight excluding hydrogens is 182 g/mol. The SMILES string of the molecule is C=C[n+]1ccn(N)c1.[Br-]. The Kier molecular flexibility index (Phi) is 3.01. The van der Waals surface area contributed by atoms with E-state index < -0.39 is 0 Å². The van der Waals surface area contributed by atoms with Gasteiger partial charge < -0.3 is 17.0 Å². The van der Waals surface area contributed by atoms with E-state index >= 15 is 0 Å². The van der Waals surface area contributed by atoms with E-state index in [2.05, 4.69) is 6.58 Å². The molecule has 0 aromatic carbocycles. The summed E-state index contributed by atoms with van der Waals surface area (Å²) in [6.45, 7) is 3.54. The van der Waals surface area contributed by atoms with Crippen molar-refractivity contribution in [3.63, 3.8) is 0 Å². The third-order valence-corrected chi connectivity index (χ3v) is 0.888. The lowest BCUT2D eigenvalue weighted by atomic mass is 10.9. The van der Waals surface area contributed by atoms with Gasteiger partial charge in [0.2, 0.25) is 0 Å². The number of imidazole rings is 1. The molecule has 0 fully saturated rings. The van der Waals surface area contributed by atoms with Gasteiger partial charge in [0, 0.05) is 0 Å². The average Bonchev–Trinajstić information content (AvgIpc) is 2.14. The van der Waals surface area contributed by atoms with Gasteiger partial charge in [-0.2, -0.15) is 0 Å². The summed E-state index contributed by atoms with van der Waals surface area (Å²) in [6.07, 6.45) is 6.94. The standard InChI is InChI=1S/C5H8N3.BrH/c1-2-7-3-4-8(6)5-7;/h2-5H,1,6H2;1H/q+1;/p-1. The Morgan fingerprint density at radius 3 is 2.56 bits per heavy atom. The van der Waals surface area contributed by atoms with Crippen molar-refractivity contribution in [1.82, 2.24) is 4.68 Å². The molecule has 0 spiro atoms. The zero-order valence-electron chi connectivity index (χ0n) is 4.87. The first-order valence-corrected chi connectivity index (χ1v) is 2.29. The van der Waals surface area contributed by atoms with E-state index in [1.54, 1.807) is 23.3 Å². The highest BCUT2D eigenvalue weighted by molar-refractivity contribution is 4.94. The fourth-order valence-corrected chi connectivity index (χ4v) is 0.493. The number of nitrogen functional groups attached to an aromatic ring is 1. The number of aromatic nitrogens is 2. The topological polar surface area (TPSA) is 34.8 Å². The second kappa shape index (κ2) is 3.29. The lowest BCUT2D eigenvalue weighted by molar-refractivity contribution is -0.567. The quantitative estimate of drug-likeness (QED) is 0.363. The highest BCUT2D eigenvalue weighted by atomic mass is 79.9. The lowest BCUT2D eigenvalue weighted by Crippen LogP contribution is -3.00. The molecule has 9 heavy (non-hydrogen) atoms. The molecule has 0 radical (unpaired) electrons. The number of nitrogens with two attached hydrogens (primary N) is 1. The van der Waals surface area contributed by atoms with Crippen molar-refractivity contribution in [1.29, 1.82) is 0 Å². The van der Waals surface area contributed by atoms with Gasteiger partial charge in [-0.3, -0.25) is 5.84 Å². The van der Waals surface area contributed by atoms with Crippen molar-refractivity contribution >= 4 is 6.20 Å². The summed E-state index contributed by atoms with van der Waals surface area (Å²) >= 11 is 0. The Morgan fingerprint density at radius 2 is 2.33 bits per heavy atom. The second-order valence-corrected chi connectivity index (χ2v) is 1.49. The van der Waals surface area contributed by atoms with Gasteiger partial charge in [-0.15, -0.1) is 4.68 Å². The number of nitrogens with zero attached hydrogens (tertiary/aromatic N) is 2. The van der Waals surface area contributed by atoms with E-state index in [1.807, 2.05) is 6.20 Å². The summed E-state index contributed by atoms with van der Waals surface area (Å²) in [6, 6.07) is 0. The molecule has 0 saturated carbocycles. The zero-order valence-corrected chi connectivity index (χ0v) is 6.45. The minimum atomic E-state index is 0. The van der Waals surface area contributed by atoms with E-state index in [9.17, 15) is 0 Å². The smallest absolute Gasteiger partial charge is 0.271 e. The molecule has 50 valence electrons. The number of hydrogen-bond donors (Lipinski definition) is 1. The van der Waals surface area contributed by atoms with Crippen molar-refractivity contribution in [2.45, 2.75) is 0 Å². The Bertz CT molecular complexity index is 194. The van der Waals surface area contributed by atoms with Gasteiger partial charge in [0.15, 0.2) is 6.20 Å². The molecule has 2 N–H and O–H groups in total. The predicted octanol–water partition coefficient (Wildman–Crippen LogP) is -3.41. The van der Waals surface area contributed by atoms with E-state index in [4.69, 9.17) is 5.84 Å². The van der Waals surface area contributed by atoms with Gasteiger partial charge in [-0.1, -0.05) is 6.58 Å². The van der Waals surface area contributed by atoms with Crippen molar-refractivity contribution < 1.29 is 21.5 Å². The molecule has 0 amide bonds. The highest BCUT2D eigenvalue weighted by Gasteiger charge is 1.91. The largest absolute Gasteiger partial charge is 1.00 e. The normalized spacial score (nSPS) is 8.00. The van der Waals surface area contributed by atoms with Crippen molar-refractivity contribution in [2.75, 3.05) is 5.84 Å². The molecule has 4 heteroatoms. The van der Waals surface area contributed by atoms with Crippen LogP contribution in [0.3, 0.4) is 0 Å². The Labute approximate surface area is 64.1 Å². The van der Waals surface area contributed by atoms with Gasteiger partial charge in [0.05, 0.1) is 6.20 Å². The van der Waals surface area contributed by atoms with Crippen LogP contribution in [0, 0.1) is 0 Å². The summed E-state index contributed by atoms with van der Waals surface area (Å²) in [4.78, 5) is 0. The van der Waals surface area contributed by atoms with Crippen LogP contribution in [-0.4, -0.2) is 4.68 Å². The molecule has 0 saturated heterocycles. The van der Waals surface area contributed by atoms with E-state index in [1.165, 1.54) is 4.68 Å². The molecule has 0 unspecified atom stereocenters. The minimum absolute atomic E-state index is 0. The molecule has 0 atom stereocenters. The van der Waals surface area contributed by atoms with Crippen LogP contribution < -0.4 is 27.4 Å². The van der Waals surface area contributed by atoms with Crippen molar-refractivity contribution in [3.8, 4) is 0 Å². The highest BCUT2D eigenvalue weighted by Crippen LogP contribution is 1.71. The number of halogens is 1. The van der Waals surface area contributed by atoms with Gasteiger partial charge in [0.25, 0.3) is 6.33 Å². The van der Waals surface area contributed by atoms with Crippen LogP contribution in [0.4, 0.5) is 0 Å². The van der Waals surface area contributed by atoms with Crippen LogP contribution in [0.2, 0.25) is 0 Å². The predicted molar refractivity (Wildman–Crippen MR) is 31.2 cm³/mol. The molecule has 3 nitrogen and oxygen atoms in total.